The summed E-state index contributed by atoms with van der Waals surface area (Å²) < 4.78 is 43.9. The molecule has 3 aromatic carbocycles. The number of hydrogen-bond acceptors (Lipinski definition) is 4. The second kappa shape index (κ2) is 11.4. The number of anilines is 2. The largest absolute Gasteiger partial charge is 0.484 e. The van der Waals surface area contributed by atoms with E-state index in [0.29, 0.717) is 18.0 Å². The van der Waals surface area contributed by atoms with E-state index in [1.165, 1.54) is 17.0 Å². The molecule has 1 heterocycles. The molecule has 1 atom stereocenters. The molecule has 198 valence electrons. The summed E-state index contributed by atoms with van der Waals surface area (Å²) in [5, 5.41) is 5.28. The molecule has 0 aromatic heterocycles. The summed E-state index contributed by atoms with van der Waals surface area (Å²) >= 11 is 0. The smallest absolute Gasteiger partial charge is 0.416 e. The summed E-state index contributed by atoms with van der Waals surface area (Å²) in [5.74, 6) is -1.11. The number of benzene rings is 3. The van der Waals surface area contributed by atoms with Crippen molar-refractivity contribution in [3.8, 4) is 5.75 Å². The van der Waals surface area contributed by atoms with Gasteiger partial charge in [0.25, 0.3) is 5.91 Å². The Morgan fingerprint density at radius 1 is 1.03 bits per heavy atom. The lowest BCUT2D eigenvalue weighted by Gasteiger charge is -2.17. The van der Waals surface area contributed by atoms with E-state index in [9.17, 15) is 27.6 Å². The number of aryl methyl sites for hydroxylation is 1. The Morgan fingerprint density at radius 3 is 2.47 bits per heavy atom. The number of carbonyl (C=O) groups is 3. The molecule has 4 rings (SSSR count). The van der Waals surface area contributed by atoms with Crippen LogP contribution in [0.1, 0.15) is 23.1 Å². The number of ether oxygens (including phenoxy) is 1. The fourth-order valence-electron chi connectivity index (χ4n) is 4.11. The van der Waals surface area contributed by atoms with Gasteiger partial charge >= 0.3 is 6.18 Å². The molecular formula is C28H26F3N3O4. The molecule has 1 aliphatic rings. The van der Waals surface area contributed by atoms with Crippen LogP contribution in [0.3, 0.4) is 0 Å². The van der Waals surface area contributed by atoms with Crippen molar-refractivity contribution < 1.29 is 32.3 Å². The third-order valence-electron chi connectivity index (χ3n) is 6.20. The van der Waals surface area contributed by atoms with Gasteiger partial charge in [-0.15, -0.1) is 0 Å². The SMILES string of the molecule is Cc1ccccc1CNC(=O)[C@H]1CC(=O)N(c2ccc(OCC(=O)Nc3cccc(C(F)(F)F)c3)cc2)C1. The normalized spacial score (nSPS) is 15.3. The number of carbonyl (C=O) groups excluding carboxylic acids is 3. The first kappa shape index (κ1) is 26.7. The number of amides is 3. The fourth-order valence-corrected chi connectivity index (χ4v) is 4.11. The van der Waals surface area contributed by atoms with Gasteiger partial charge in [-0.1, -0.05) is 30.3 Å². The first-order valence-corrected chi connectivity index (χ1v) is 11.9. The van der Waals surface area contributed by atoms with Crippen LogP contribution in [0.5, 0.6) is 5.75 Å². The highest BCUT2D eigenvalue weighted by molar-refractivity contribution is 6.00. The summed E-state index contributed by atoms with van der Waals surface area (Å²) in [6.45, 7) is 2.20. The van der Waals surface area contributed by atoms with E-state index >= 15 is 0 Å². The number of alkyl halides is 3. The van der Waals surface area contributed by atoms with Crippen LogP contribution in [0.25, 0.3) is 0 Å². The fraction of sp³-hybridized carbons (Fsp3) is 0.250. The summed E-state index contributed by atoms with van der Waals surface area (Å²) in [6, 6.07) is 18.5. The topological polar surface area (TPSA) is 87.7 Å². The number of nitrogens with one attached hydrogen (secondary N) is 2. The molecule has 0 bridgehead atoms. The van der Waals surface area contributed by atoms with Crippen molar-refractivity contribution in [2.75, 3.05) is 23.4 Å². The lowest BCUT2D eigenvalue weighted by Crippen LogP contribution is -2.32. The first-order chi connectivity index (χ1) is 18.1. The quantitative estimate of drug-likeness (QED) is 0.446. The Labute approximate surface area is 217 Å². The second-order valence-electron chi connectivity index (χ2n) is 8.96. The molecule has 0 spiro atoms. The molecule has 10 heteroatoms. The molecule has 1 fully saturated rings. The molecular weight excluding hydrogens is 499 g/mol. The van der Waals surface area contributed by atoms with Gasteiger partial charge in [-0.25, -0.2) is 0 Å². The zero-order valence-corrected chi connectivity index (χ0v) is 20.5. The molecule has 0 aliphatic carbocycles. The van der Waals surface area contributed by atoms with Crippen LogP contribution in [-0.2, 0) is 27.1 Å². The van der Waals surface area contributed by atoms with E-state index < -0.39 is 30.2 Å². The van der Waals surface area contributed by atoms with Crippen LogP contribution in [0.2, 0.25) is 0 Å². The number of nitrogens with zero attached hydrogens (tertiary/aromatic N) is 1. The molecule has 0 saturated carbocycles. The molecule has 2 N–H and O–H groups in total. The third kappa shape index (κ3) is 6.70. The van der Waals surface area contributed by atoms with Crippen molar-refractivity contribution >= 4 is 29.1 Å². The summed E-state index contributed by atoms with van der Waals surface area (Å²) in [7, 11) is 0. The Balaban J connectivity index is 1.27. The zero-order chi connectivity index (χ0) is 27.3. The van der Waals surface area contributed by atoms with Gasteiger partial charge in [0.15, 0.2) is 6.61 Å². The molecule has 1 saturated heterocycles. The van der Waals surface area contributed by atoms with Crippen LogP contribution in [0.15, 0.2) is 72.8 Å². The van der Waals surface area contributed by atoms with Crippen molar-refractivity contribution in [2.24, 2.45) is 5.92 Å². The first-order valence-electron chi connectivity index (χ1n) is 11.9. The van der Waals surface area contributed by atoms with Crippen molar-refractivity contribution in [1.82, 2.24) is 5.32 Å². The molecule has 3 amide bonds. The number of rotatable bonds is 8. The second-order valence-corrected chi connectivity index (χ2v) is 8.96. The van der Waals surface area contributed by atoms with E-state index in [1.807, 2.05) is 31.2 Å². The highest BCUT2D eigenvalue weighted by Gasteiger charge is 2.35. The van der Waals surface area contributed by atoms with Crippen LogP contribution >= 0.6 is 0 Å². The predicted molar refractivity (Wildman–Crippen MR) is 135 cm³/mol. The van der Waals surface area contributed by atoms with E-state index in [4.69, 9.17) is 4.74 Å². The van der Waals surface area contributed by atoms with Gasteiger partial charge in [0.1, 0.15) is 5.75 Å². The van der Waals surface area contributed by atoms with Crippen LogP contribution in [-0.4, -0.2) is 30.9 Å². The molecule has 0 unspecified atom stereocenters. The van der Waals surface area contributed by atoms with Crippen molar-refractivity contribution in [3.63, 3.8) is 0 Å². The Hall–Kier alpha value is -4.34. The Morgan fingerprint density at radius 2 is 1.76 bits per heavy atom. The van der Waals surface area contributed by atoms with Gasteiger partial charge in [0, 0.05) is 30.9 Å². The maximum Gasteiger partial charge on any atom is 0.416 e. The molecule has 0 radical (unpaired) electrons. The Kier molecular flexibility index (Phi) is 7.99. The predicted octanol–water partition coefficient (Wildman–Crippen LogP) is 4.70. The number of hydrogen-bond donors (Lipinski definition) is 2. The minimum atomic E-state index is -4.51. The van der Waals surface area contributed by atoms with E-state index in [-0.39, 0.29) is 30.5 Å². The van der Waals surface area contributed by atoms with E-state index in [2.05, 4.69) is 10.6 Å². The van der Waals surface area contributed by atoms with E-state index in [1.54, 1.807) is 24.3 Å². The van der Waals surface area contributed by atoms with Gasteiger partial charge in [-0.05, 0) is 60.5 Å². The minimum absolute atomic E-state index is 0.00816. The third-order valence-corrected chi connectivity index (χ3v) is 6.20. The van der Waals surface area contributed by atoms with Crippen LogP contribution in [0.4, 0.5) is 24.5 Å². The van der Waals surface area contributed by atoms with Crippen molar-refractivity contribution in [2.45, 2.75) is 26.1 Å². The van der Waals surface area contributed by atoms with Crippen molar-refractivity contribution in [1.29, 1.82) is 0 Å². The van der Waals surface area contributed by atoms with Gasteiger partial charge in [0.05, 0.1) is 11.5 Å². The monoisotopic (exact) mass is 525 g/mol. The summed E-state index contributed by atoms with van der Waals surface area (Å²) in [6.07, 6.45) is -4.41. The van der Waals surface area contributed by atoms with Crippen LogP contribution < -0.4 is 20.3 Å². The average Bonchev–Trinajstić information content (AvgIpc) is 3.28. The zero-order valence-electron chi connectivity index (χ0n) is 20.5. The van der Waals surface area contributed by atoms with Gasteiger partial charge in [-0.3, -0.25) is 14.4 Å². The maximum absolute atomic E-state index is 12.8. The summed E-state index contributed by atoms with van der Waals surface area (Å²) in [5.41, 5.74) is 1.82. The van der Waals surface area contributed by atoms with Crippen molar-refractivity contribution in [3.05, 3.63) is 89.5 Å². The number of halogens is 3. The molecule has 38 heavy (non-hydrogen) atoms. The lowest BCUT2D eigenvalue weighted by atomic mass is 10.1. The highest BCUT2D eigenvalue weighted by atomic mass is 19.4. The van der Waals surface area contributed by atoms with Crippen LogP contribution in [0, 0.1) is 12.8 Å². The van der Waals surface area contributed by atoms with E-state index in [0.717, 1.165) is 23.3 Å². The summed E-state index contributed by atoms with van der Waals surface area (Å²) in [4.78, 5) is 38.9. The minimum Gasteiger partial charge on any atom is -0.484 e. The maximum atomic E-state index is 12.8. The van der Waals surface area contributed by atoms with Gasteiger partial charge in [0.2, 0.25) is 11.8 Å². The lowest BCUT2D eigenvalue weighted by molar-refractivity contribution is -0.137. The molecule has 7 nitrogen and oxygen atoms in total. The highest BCUT2D eigenvalue weighted by Crippen LogP contribution is 2.31. The molecule has 1 aliphatic heterocycles. The van der Waals surface area contributed by atoms with Gasteiger partial charge in [-0.2, -0.15) is 13.2 Å². The standard InChI is InChI=1S/C28H26F3N3O4/c1-18-5-2-3-6-19(18)15-32-27(37)20-13-26(36)34(16-20)23-9-11-24(12-10-23)38-17-25(35)33-22-8-4-7-21(14-22)28(29,30)31/h2-12,14,20H,13,15-17H2,1H3,(H,32,37)(H,33,35)/t20-/m0/s1. The van der Waals surface area contributed by atoms with Gasteiger partial charge < -0.3 is 20.3 Å². The Bertz CT molecular complexity index is 1330. The average molecular weight is 526 g/mol. The molecule has 3 aromatic rings.